The Morgan fingerprint density at radius 1 is 1.25 bits per heavy atom. The van der Waals surface area contributed by atoms with E-state index in [1.807, 2.05) is 31.2 Å². The molecule has 0 radical (unpaired) electrons. The third-order valence-corrected chi connectivity index (χ3v) is 4.83. The number of benzene rings is 1. The zero-order valence-corrected chi connectivity index (χ0v) is 16.2. The Bertz CT molecular complexity index is 910. The number of para-hydroxylation sites is 1. The predicted molar refractivity (Wildman–Crippen MR) is 105 cm³/mol. The molecular formula is C21H25N3O4. The molecule has 0 spiro atoms. The van der Waals surface area contributed by atoms with Crippen LogP contribution in [0.2, 0.25) is 0 Å². The van der Waals surface area contributed by atoms with Crippen LogP contribution in [0.5, 0.6) is 0 Å². The Labute approximate surface area is 163 Å². The van der Waals surface area contributed by atoms with E-state index in [-0.39, 0.29) is 0 Å². The van der Waals surface area contributed by atoms with E-state index in [1.165, 1.54) is 0 Å². The Kier molecular flexibility index (Phi) is 6.23. The fourth-order valence-electron chi connectivity index (χ4n) is 3.44. The molecule has 0 aliphatic heterocycles. The highest BCUT2D eigenvalue weighted by Gasteiger charge is 2.26. The molecule has 3 amide bonds. The van der Waals surface area contributed by atoms with E-state index in [2.05, 4.69) is 17.6 Å². The van der Waals surface area contributed by atoms with Crippen LogP contribution < -0.4 is 10.6 Å². The zero-order chi connectivity index (χ0) is 20.1. The second-order valence-electron chi connectivity index (χ2n) is 7.16. The molecule has 2 N–H and O–H groups in total. The highest BCUT2D eigenvalue weighted by atomic mass is 16.5. The van der Waals surface area contributed by atoms with Crippen molar-refractivity contribution in [3.63, 3.8) is 0 Å². The van der Waals surface area contributed by atoms with Crippen molar-refractivity contribution in [3.8, 4) is 0 Å². The molecule has 0 bridgehead atoms. The van der Waals surface area contributed by atoms with Crippen molar-refractivity contribution in [2.45, 2.75) is 39.5 Å². The van der Waals surface area contributed by atoms with Gasteiger partial charge in [-0.05, 0) is 43.2 Å². The van der Waals surface area contributed by atoms with Crippen molar-refractivity contribution in [1.29, 1.82) is 0 Å². The Morgan fingerprint density at radius 2 is 2.04 bits per heavy atom. The highest BCUT2D eigenvalue weighted by molar-refractivity contribution is 6.06. The number of amides is 3. The van der Waals surface area contributed by atoms with E-state index in [0.717, 1.165) is 47.8 Å². The van der Waals surface area contributed by atoms with E-state index >= 15 is 0 Å². The van der Waals surface area contributed by atoms with E-state index in [4.69, 9.17) is 9.72 Å². The third kappa shape index (κ3) is 4.47. The van der Waals surface area contributed by atoms with Crippen molar-refractivity contribution in [2.24, 2.45) is 5.92 Å². The Hall–Kier alpha value is -2.96. The van der Waals surface area contributed by atoms with E-state index in [9.17, 15) is 14.4 Å². The standard InChI is InChI=1S/C21H25N3O4/c1-3-10-22-21(27)24-18(25)12-28-20(26)19-14-6-4-5-7-16(14)23-17-9-8-13(2)11-15(17)19/h4-7,13H,3,8-12H2,1-2H3,(H2,22,24,25,27)/t13-/m0/s1. The van der Waals surface area contributed by atoms with E-state index in [0.29, 0.717) is 18.0 Å². The van der Waals surface area contributed by atoms with Crippen LogP contribution in [0.4, 0.5) is 4.79 Å². The molecule has 1 atom stereocenters. The molecule has 0 unspecified atom stereocenters. The number of esters is 1. The van der Waals surface area contributed by atoms with Gasteiger partial charge in [-0.3, -0.25) is 15.1 Å². The maximum absolute atomic E-state index is 12.9. The van der Waals surface area contributed by atoms with Crippen LogP contribution in [0.1, 0.15) is 48.3 Å². The molecule has 7 heteroatoms. The van der Waals surface area contributed by atoms with Crippen LogP contribution in [0.25, 0.3) is 10.9 Å². The smallest absolute Gasteiger partial charge is 0.339 e. The number of hydrogen-bond acceptors (Lipinski definition) is 5. The van der Waals surface area contributed by atoms with Gasteiger partial charge in [0.2, 0.25) is 0 Å². The molecule has 0 saturated heterocycles. The number of carbonyl (C=O) groups is 3. The van der Waals surface area contributed by atoms with Gasteiger partial charge >= 0.3 is 12.0 Å². The molecule has 1 aliphatic rings. The summed E-state index contributed by atoms with van der Waals surface area (Å²) in [5.74, 6) is -0.775. The molecule has 0 fully saturated rings. The number of rotatable bonds is 5. The van der Waals surface area contributed by atoms with E-state index in [1.54, 1.807) is 0 Å². The molecular weight excluding hydrogens is 358 g/mol. The lowest BCUT2D eigenvalue weighted by atomic mass is 9.84. The fraction of sp³-hybridized carbons (Fsp3) is 0.429. The Morgan fingerprint density at radius 3 is 2.82 bits per heavy atom. The first kappa shape index (κ1) is 19.8. The van der Waals surface area contributed by atoms with Crippen molar-refractivity contribution >= 4 is 28.8 Å². The second kappa shape index (κ2) is 8.82. The minimum atomic E-state index is -0.664. The third-order valence-electron chi connectivity index (χ3n) is 4.83. The van der Waals surface area contributed by atoms with Gasteiger partial charge in [0.1, 0.15) is 0 Å². The zero-order valence-electron chi connectivity index (χ0n) is 16.2. The summed E-state index contributed by atoms with van der Waals surface area (Å²) in [5, 5.41) is 5.41. The number of ether oxygens (including phenoxy) is 1. The number of aryl methyl sites for hydroxylation is 1. The molecule has 7 nitrogen and oxygen atoms in total. The molecule has 28 heavy (non-hydrogen) atoms. The van der Waals surface area contributed by atoms with Gasteiger partial charge in [0.25, 0.3) is 5.91 Å². The van der Waals surface area contributed by atoms with Gasteiger partial charge in [0.15, 0.2) is 6.61 Å². The number of nitrogens with one attached hydrogen (secondary N) is 2. The normalized spacial score (nSPS) is 15.6. The van der Waals surface area contributed by atoms with Gasteiger partial charge in [-0.1, -0.05) is 32.0 Å². The van der Waals surface area contributed by atoms with Crippen LogP contribution in [0.15, 0.2) is 24.3 Å². The number of pyridine rings is 1. The fourth-order valence-corrected chi connectivity index (χ4v) is 3.44. The average Bonchev–Trinajstić information content (AvgIpc) is 2.68. The molecule has 1 aromatic carbocycles. The number of carbonyl (C=O) groups excluding carboxylic acids is 3. The topological polar surface area (TPSA) is 97.4 Å². The molecule has 148 valence electrons. The predicted octanol–water partition coefficient (Wildman–Crippen LogP) is 2.75. The van der Waals surface area contributed by atoms with E-state index < -0.39 is 24.5 Å². The number of imide groups is 1. The Balaban J connectivity index is 1.78. The largest absolute Gasteiger partial charge is 0.452 e. The molecule has 1 heterocycles. The first-order valence-electron chi connectivity index (χ1n) is 9.64. The maximum Gasteiger partial charge on any atom is 0.339 e. The number of nitrogens with zero attached hydrogens (tertiary/aromatic N) is 1. The second-order valence-corrected chi connectivity index (χ2v) is 7.16. The first-order chi connectivity index (χ1) is 13.5. The van der Waals surface area contributed by atoms with Gasteiger partial charge in [-0.25, -0.2) is 9.59 Å². The van der Waals surface area contributed by atoms with Crippen LogP contribution >= 0.6 is 0 Å². The number of urea groups is 1. The minimum Gasteiger partial charge on any atom is -0.452 e. The summed E-state index contributed by atoms with van der Waals surface area (Å²) in [6.07, 6.45) is 3.36. The van der Waals surface area contributed by atoms with Gasteiger partial charge in [-0.15, -0.1) is 0 Å². The molecule has 3 rings (SSSR count). The van der Waals surface area contributed by atoms with Crippen molar-refractivity contribution < 1.29 is 19.1 Å². The van der Waals surface area contributed by atoms with Crippen LogP contribution in [0, 0.1) is 5.92 Å². The van der Waals surface area contributed by atoms with Gasteiger partial charge in [-0.2, -0.15) is 0 Å². The summed E-state index contributed by atoms with van der Waals surface area (Å²) < 4.78 is 5.25. The summed E-state index contributed by atoms with van der Waals surface area (Å²) in [7, 11) is 0. The van der Waals surface area contributed by atoms with Crippen molar-refractivity contribution in [1.82, 2.24) is 15.6 Å². The molecule has 1 aromatic heterocycles. The summed E-state index contributed by atoms with van der Waals surface area (Å²) in [6, 6.07) is 6.85. The van der Waals surface area contributed by atoms with Crippen LogP contribution in [-0.2, 0) is 22.4 Å². The SMILES string of the molecule is CCCNC(=O)NC(=O)COC(=O)c1c2c(nc3ccccc13)CC[C@H](C)C2. The van der Waals surface area contributed by atoms with Gasteiger partial charge < -0.3 is 10.1 Å². The number of aromatic nitrogens is 1. The minimum absolute atomic E-state index is 0.451. The monoisotopic (exact) mass is 383 g/mol. The lowest BCUT2D eigenvalue weighted by Crippen LogP contribution is -2.41. The lowest BCUT2D eigenvalue weighted by molar-refractivity contribution is -0.123. The summed E-state index contributed by atoms with van der Waals surface area (Å²) in [6.45, 7) is 4.01. The number of hydrogen-bond donors (Lipinski definition) is 2. The van der Waals surface area contributed by atoms with Crippen molar-refractivity contribution in [3.05, 3.63) is 41.1 Å². The molecule has 1 aliphatic carbocycles. The highest BCUT2D eigenvalue weighted by Crippen LogP contribution is 2.31. The summed E-state index contributed by atoms with van der Waals surface area (Å²) >= 11 is 0. The first-order valence-corrected chi connectivity index (χ1v) is 9.64. The van der Waals surface area contributed by atoms with Crippen LogP contribution in [-0.4, -0.2) is 36.0 Å². The lowest BCUT2D eigenvalue weighted by Gasteiger charge is -2.24. The average molecular weight is 383 g/mol. The maximum atomic E-state index is 12.9. The molecule has 0 saturated carbocycles. The van der Waals surface area contributed by atoms with Crippen LogP contribution in [0.3, 0.4) is 0 Å². The summed E-state index contributed by atoms with van der Waals surface area (Å²) in [5.41, 5.74) is 3.05. The molecule has 2 aromatic rings. The van der Waals surface area contributed by atoms with Gasteiger partial charge in [0.05, 0.1) is 11.1 Å². The quantitative estimate of drug-likeness (QED) is 0.774. The van der Waals surface area contributed by atoms with Crippen molar-refractivity contribution in [2.75, 3.05) is 13.2 Å². The van der Waals surface area contributed by atoms with Gasteiger partial charge in [0, 0.05) is 17.6 Å². The summed E-state index contributed by atoms with van der Waals surface area (Å²) in [4.78, 5) is 41.0. The number of fused-ring (bicyclic) bond motifs is 2.